The molecule has 0 saturated heterocycles. The summed E-state index contributed by atoms with van der Waals surface area (Å²) in [5, 5.41) is -0.108. The zero-order valence-corrected chi connectivity index (χ0v) is 14.3. The molecule has 4 heteroatoms. The highest BCUT2D eigenvalue weighted by Crippen LogP contribution is 2.38. The molecule has 0 aliphatic rings. The largest absolute Gasteiger partial charge is 0.491 e. The van der Waals surface area contributed by atoms with Crippen LogP contribution in [-0.2, 0) is 0 Å². The summed E-state index contributed by atoms with van der Waals surface area (Å²) < 4.78 is 6.78. The highest BCUT2D eigenvalue weighted by molar-refractivity contribution is 9.11. The van der Waals surface area contributed by atoms with Crippen molar-refractivity contribution in [3.8, 4) is 5.75 Å². The van der Waals surface area contributed by atoms with Gasteiger partial charge in [0.25, 0.3) is 0 Å². The molecule has 0 bridgehead atoms. The number of ether oxygens (including phenoxy) is 1. The SMILES string of the molecule is Cc1cc(C(Cl)c2ccc(OC(C)C)cc2)sc1Br. The molecule has 0 N–H and O–H groups in total. The Morgan fingerprint density at radius 1 is 1.21 bits per heavy atom. The van der Waals surface area contributed by atoms with Crippen LogP contribution in [-0.4, -0.2) is 6.10 Å². The number of rotatable bonds is 4. The highest BCUT2D eigenvalue weighted by atomic mass is 79.9. The van der Waals surface area contributed by atoms with E-state index in [0.717, 1.165) is 20.0 Å². The quantitative estimate of drug-likeness (QED) is 0.614. The molecule has 1 heterocycles. The lowest BCUT2D eigenvalue weighted by Gasteiger charge is -2.12. The molecule has 1 atom stereocenters. The van der Waals surface area contributed by atoms with Crippen LogP contribution in [0.4, 0.5) is 0 Å². The summed E-state index contributed by atoms with van der Waals surface area (Å²) in [7, 11) is 0. The van der Waals surface area contributed by atoms with E-state index in [-0.39, 0.29) is 11.5 Å². The van der Waals surface area contributed by atoms with E-state index in [9.17, 15) is 0 Å². The Balaban J connectivity index is 2.17. The predicted octanol–water partition coefficient (Wildman–Crippen LogP) is 5.93. The van der Waals surface area contributed by atoms with E-state index in [1.54, 1.807) is 11.3 Å². The van der Waals surface area contributed by atoms with Crippen LogP contribution in [0.2, 0.25) is 0 Å². The maximum Gasteiger partial charge on any atom is 0.119 e. The van der Waals surface area contributed by atoms with Crippen LogP contribution in [0.1, 0.15) is 35.2 Å². The smallest absolute Gasteiger partial charge is 0.119 e. The molecule has 0 aliphatic heterocycles. The minimum atomic E-state index is -0.108. The summed E-state index contributed by atoms with van der Waals surface area (Å²) in [6, 6.07) is 10.1. The van der Waals surface area contributed by atoms with Gasteiger partial charge in [0.2, 0.25) is 0 Å². The Labute approximate surface area is 131 Å². The molecule has 1 nitrogen and oxygen atoms in total. The summed E-state index contributed by atoms with van der Waals surface area (Å²) in [5.74, 6) is 0.881. The van der Waals surface area contributed by atoms with Crippen LogP contribution in [0.25, 0.3) is 0 Å². The number of thiophene rings is 1. The standard InChI is InChI=1S/C15H16BrClOS/c1-9(2)18-12-6-4-11(5-7-12)14(17)13-8-10(3)15(16)19-13/h4-9,14H,1-3H3. The zero-order valence-electron chi connectivity index (χ0n) is 11.1. The minimum absolute atomic E-state index is 0.108. The van der Waals surface area contributed by atoms with Crippen molar-refractivity contribution in [1.82, 2.24) is 0 Å². The molecule has 0 aliphatic carbocycles. The Morgan fingerprint density at radius 3 is 2.32 bits per heavy atom. The van der Waals surface area contributed by atoms with Gasteiger partial charge in [-0.3, -0.25) is 0 Å². The molecule has 2 aromatic rings. The van der Waals surface area contributed by atoms with Crippen molar-refractivity contribution >= 4 is 38.9 Å². The van der Waals surface area contributed by atoms with Gasteiger partial charge in [-0.15, -0.1) is 22.9 Å². The van der Waals surface area contributed by atoms with E-state index in [1.165, 1.54) is 5.56 Å². The number of hydrogen-bond donors (Lipinski definition) is 0. The molecule has 19 heavy (non-hydrogen) atoms. The molecule has 1 aromatic carbocycles. The molecular weight excluding hydrogens is 344 g/mol. The second-order valence-corrected chi connectivity index (χ2v) is 7.54. The fourth-order valence-corrected chi connectivity index (χ4v) is 3.68. The molecule has 0 spiro atoms. The number of hydrogen-bond acceptors (Lipinski definition) is 2. The monoisotopic (exact) mass is 358 g/mol. The van der Waals surface area contributed by atoms with Gasteiger partial charge in [0.15, 0.2) is 0 Å². The third-order valence-electron chi connectivity index (χ3n) is 2.67. The normalized spacial score (nSPS) is 12.7. The highest BCUT2D eigenvalue weighted by Gasteiger charge is 2.15. The molecule has 0 radical (unpaired) electrons. The van der Waals surface area contributed by atoms with Crippen LogP contribution in [0.15, 0.2) is 34.1 Å². The summed E-state index contributed by atoms with van der Waals surface area (Å²) in [5.41, 5.74) is 2.32. The van der Waals surface area contributed by atoms with Gasteiger partial charge in [0.05, 0.1) is 15.3 Å². The Kier molecular flexibility index (Phi) is 4.93. The van der Waals surface area contributed by atoms with E-state index in [2.05, 4.69) is 28.9 Å². The first kappa shape index (κ1) is 14.9. The van der Waals surface area contributed by atoms with Gasteiger partial charge in [-0.05, 0) is 66.0 Å². The Hall–Kier alpha value is -0.510. The van der Waals surface area contributed by atoms with E-state index < -0.39 is 0 Å². The van der Waals surface area contributed by atoms with Gasteiger partial charge in [-0.1, -0.05) is 12.1 Å². The van der Waals surface area contributed by atoms with Crippen molar-refractivity contribution in [3.63, 3.8) is 0 Å². The lowest BCUT2D eigenvalue weighted by Crippen LogP contribution is -2.05. The van der Waals surface area contributed by atoms with Crippen molar-refractivity contribution < 1.29 is 4.74 Å². The lowest BCUT2D eigenvalue weighted by molar-refractivity contribution is 0.242. The van der Waals surface area contributed by atoms with Gasteiger partial charge < -0.3 is 4.74 Å². The first-order chi connectivity index (χ1) is 8.97. The zero-order chi connectivity index (χ0) is 14.0. The average Bonchev–Trinajstić information content (AvgIpc) is 2.69. The minimum Gasteiger partial charge on any atom is -0.491 e. The van der Waals surface area contributed by atoms with E-state index in [0.29, 0.717) is 0 Å². The topological polar surface area (TPSA) is 9.23 Å². The van der Waals surface area contributed by atoms with Crippen LogP contribution >= 0.6 is 38.9 Å². The first-order valence-electron chi connectivity index (χ1n) is 6.14. The van der Waals surface area contributed by atoms with E-state index in [1.807, 2.05) is 38.1 Å². The maximum atomic E-state index is 6.52. The number of benzene rings is 1. The maximum absolute atomic E-state index is 6.52. The van der Waals surface area contributed by atoms with Crippen LogP contribution in [0.5, 0.6) is 5.75 Å². The molecule has 0 fully saturated rings. The van der Waals surface area contributed by atoms with Gasteiger partial charge >= 0.3 is 0 Å². The van der Waals surface area contributed by atoms with Crippen molar-refractivity contribution in [3.05, 3.63) is 50.1 Å². The second-order valence-electron chi connectivity index (χ2n) is 4.70. The van der Waals surface area contributed by atoms with Crippen molar-refractivity contribution in [2.75, 3.05) is 0 Å². The Bertz CT molecular complexity index is 528. The fraction of sp³-hybridized carbons (Fsp3) is 0.333. The van der Waals surface area contributed by atoms with E-state index in [4.69, 9.17) is 16.3 Å². The van der Waals surface area contributed by atoms with Crippen LogP contribution in [0, 0.1) is 6.92 Å². The van der Waals surface area contributed by atoms with Crippen LogP contribution < -0.4 is 4.74 Å². The molecule has 2 rings (SSSR count). The lowest BCUT2D eigenvalue weighted by atomic mass is 10.1. The first-order valence-corrected chi connectivity index (χ1v) is 8.18. The summed E-state index contributed by atoms with van der Waals surface area (Å²) in [6.45, 7) is 6.11. The van der Waals surface area contributed by atoms with E-state index >= 15 is 0 Å². The van der Waals surface area contributed by atoms with Gasteiger partial charge in [0.1, 0.15) is 5.75 Å². The molecule has 0 saturated carbocycles. The molecular formula is C15H16BrClOS. The van der Waals surface area contributed by atoms with Gasteiger partial charge in [-0.2, -0.15) is 0 Å². The molecule has 0 amide bonds. The third-order valence-corrected chi connectivity index (χ3v) is 5.49. The average molecular weight is 360 g/mol. The van der Waals surface area contributed by atoms with Crippen molar-refractivity contribution in [2.24, 2.45) is 0 Å². The van der Waals surface area contributed by atoms with Gasteiger partial charge in [0, 0.05) is 4.88 Å². The number of aryl methyl sites for hydroxylation is 1. The van der Waals surface area contributed by atoms with Gasteiger partial charge in [-0.25, -0.2) is 0 Å². The van der Waals surface area contributed by atoms with Crippen molar-refractivity contribution in [1.29, 1.82) is 0 Å². The Morgan fingerprint density at radius 2 is 1.84 bits per heavy atom. The molecule has 102 valence electrons. The van der Waals surface area contributed by atoms with Crippen molar-refractivity contribution in [2.45, 2.75) is 32.3 Å². The molecule has 1 unspecified atom stereocenters. The van der Waals surface area contributed by atoms with Crippen LogP contribution in [0.3, 0.4) is 0 Å². The fourth-order valence-electron chi connectivity index (χ4n) is 1.76. The molecule has 1 aromatic heterocycles. The summed E-state index contributed by atoms with van der Waals surface area (Å²) >= 11 is 11.7. The summed E-state index contributed by atoms with van der Waals surface area (Å²) in [6.07, 6.45) is 0.188. The second kappa shape index (κ2) is 6.29. The predicted molar refractivity (Wildman–Crippen MR) is 86.7 cm³/mol. The third kappa shape index (κ3) is 3.74. The number of alkyl halides is 1. The number of halogens is 2. The summed E-state index contributed by atoms with van der Waals surface area (Å²) in [4.78, 5) is 1.16.